The Kier molecular flexibility index (Phi) is 6.48. The number of ether oxygens (including phenoxy) is 1. The second kappa shape index (κ2) is 8.59. The number of aryl methyl sites for hydroxylation is 1. The molecule has 0 aliphatic rings. The summed E-state index contributed by atoms with van der Waals surface area (Å²) in [6, 6.07) is 16.9. The van der Waals surface area contributed by atoms with Crippen LogP contribution in [-0.4, -0.2) is 27.2 Å². The Bertz CT molecular complexity index is 593. The maximum Gasteiger partial charge on any atom is 0.119 e. The van der Waals surface area contributed by atoms with Crippen LogP contribution in [0, 0.1) is 6.92 Å². The Labute approximate surface area is 140 Å². The summed E-state index contributed by atoms with van der Waals surface area (Å²) in [4.78, 5) is 2.11. The third-order valence-corrected chi connectivity index (χ3v) is 4.12. The van der Waals surface area contributed by atoms with Gasteiger partial charge in [-0.3, -0.25) is 0 Å². The molecule has 0 spiro atoms. The Morgan fingerprint density at radius 1 is 1.09 bits per heavy atom. The van der Waals surface area contributed by atoms with Crippen LogP contribution in [0.25, 0.3) is 0 Å². The van der Waals surface area contributed by atoms with E-state index in [2.05, 4.69) is 62.3 Å². The second-order valence-corrected chi connectivity index (χ2v) is 6.23. The summed E-state index contributed by atoms with van der Waals surface area (Å²) in [7, 11) is 4.11. The Balaban J connectivity index is 1.82. The van der Waals surface area contributed by atoms with Gasteiger partial charge in [0.2, 0.25) is 0 Å². The van der Waals surface area contributed by atoms with E-state index in [0.717, 1.165) is 25.2 Å². The molecular weight excluding hydrogens is 284 g/mol. The van der Waals surface area contributed by atoms with Crippen molar-refractivity contribution in [1.82, 2.24) is 0 Å². The van der Waals surface area contributed by atoms with Crippen LogP contribution in [0.1, 0.15) is 29.9 Å². The molecule has 0 amide bonds. The van der Waals surface area contributed by atoms with Crippen molar-refractivity contribution in [2.24, 2.45) is 5.73 Å². The number of nitrogens with two attached hydrogens (primary N) is 1. The lowest BCUT2D eigenvalue weighted by Gasteiger charge is -2.18. The van der Waals surface area contributed by atoms with E-state index in [9.17, 15) is 0 Å². The molecular formula is C20H28N2O. The number of hydrogen-bond donors (Lipinski definition) is 1. The van der Waals surface area contributed by atoms with Crippen LogP contribution in [0.2, 0.25) is 0 Å². The van der Waals surface area contributed by atoms with E-state index in [1.54, 1.807) is 0 Å². The molecule has 1 unspecified atom stereocenters. The highest BCUT2D eigenvalue weighted by molar-refractivity contribution is 5.46. The van der Waals surface area contributed by atoms with Crippen LogP contribution in [0.5, 0.6) is 5.75 Å². The summed E-state index contributed by atoms with van der Waals surface area (Å²) < 4.78 is 5.82. The fraction of sp³-hybridized carbons (Fsp3) is 0.400. The molecule has 124 valence electrons. The van der Waals surface area contributed by atoms with Gasteiger partial charge in [0.15, 0.2) is 0 Å². The first-order valence-corrected chi connectivity index (χ1v) is 8.27. The first-order valence-electron chi connectivity index (χ1n) is 8.27. The van der Waals surface area contributed by atoms with E-state index in [4.69, 9.17) is 10.5 Å². The summed E-state index contributed by atoms with van der Waals surface area (Å²) >= 11 is 0. The van der Waals surface area contributed by atoms with E-state index in [-0.39, 0.29) is 0 Å². The summed E-state index contributed by atoms with van der Waals surface area (Å²) in [5.74, 6) is 1.34. The normalized spacial score (nSPS) is 12.0. The summed E-state index contributed by atoms with van der Waals surface area (Å²) in [6.45, 7) is 3.48. The van der Waals surface area contributed by atoms with E-state index >= 15 is 0 Å². The highest BCUT2D eigenvalue weighted by Gasteiger charge is 2.10. The molecule has 0 saturated carbocycles. The van der Waals surface area contributed by atoms with Crippen LogP contribution < -0.4 is 15.4 Å². The van der Waals surface area contributed by atoms with Gasteiger partial charge in [-0.25, -0.2) is 0 Å². The average Bonchev–Trinajstić information content (AvgIpc) is 2.55. The van der Waals surface area contributed by atoms with Crippen molar-refractivity contribution < 1.29 is 4.74 Å². The molecule has 2 rings (SSSR count). The molecule has 0 radical (unpaired) electrons. The Hall–Kier alpha value is -2.00. The number of anilines is 1. The first kappa shape index (κ1) is 17.4. The standard InChI is InChI=1S/C20H28N2O/c1-16-6-4-8-20(14-16)23-13-5-7-18(15-21)17-9-11-19(12-10-17)22(2)3/h4,6,8-12,14,18H,5,7,13,15,21H2,1-3H3. The van der Waals surface area contributed by atoms with Gasteiger partial charge in [-0.1, -0.05) is 24.3 Å². The molecule has 0 aromatic heterocycles. The van der Waals surface area contributed by atoms with Crippen LogP contribution in [0.15, 0.2) is 48.5 Å². The van der Waals surface area contributed by atoms with Crippen LogP contribution >= 0.6 is 0 Å². The highest BCUT2D eigenvalue weighted by Crippen LogP contribution is 2.23. The van der Waals surface area contributed by atoms with Crippen LogP contribution in [0.3, 0.4) is 0 Å². The number of benzene rings is 2. The van der Waals surface area contributed by atoms with Crippen LogP contribution in [0.4, 0.5) is 5.69 Å². The van der Waals surface area contributed by atoms with Gasteiger partial charge < -0.3 is 15.4 Å². The minimum Gasteiger partial charge on any atom is -0.494 e. The van der Waals surface area contributed by atoms with Gasteiger partial charge in [-0.15, -0.1) is 0 Å². The molecule has 23 heavy (non-hydrogen) atoms. The van der Waals surface area contributed by atoms with Crippen molar-refractivity contribution in [2.45, 2.75) is 25.7 Å². The average molecular weight is 312 g/mol. The third kappa shape index (κ3) is 5.29. The fourth-order valence-corrected chi connectivity index (χ4v) is 2.69. The van der Waals surface area contributed by atoms with Crippen molar-refractivity contribution in [1.29, 1.82) is 0 Å². The molecule has 0 aliphatic heterocycles. The predicted octanol–water partition coefficient (Wildman–Crippen LogP) is 3.96. The lowest BCUT2D eigenvalue weighted by molar-refractivity contribution is 0.301. The van der Waals surface area contributed by atoms with Crippen molar-refractivity contribution in [3.8, 4) is 5.75 Å². The second-order valence-electron chi connectivity index (χ2n) is 6.23. The maximum atomic E-state index is 5.96. The molecule has 0 saturated heterocycles. The predicted molar refractivity (Wildman–Crippen MR) is 98.5 cm³/mol. The molecule has 2 aromatic carbocycles. The molecule has 0 bridgehead atoms. The third-order valence-electron chi connectivity index (χ3n) is 4.12. The van der Waals surface area contributed by atoms with Gasteiger partial charge in [0.05, 0.1) is 6.61 Å². The summed E-state index contributed by atoms with van der Waals surface area (Å²) in [5.41, 5.74) is 9.72. The Morgan fingerprint density at radius 3 is 2.43 bits per heavy atom. The molecule has 0 fully saturated rings. The smallest absolute Gasteiger partial charge is 0.119 e. The minimum atomic E-state index is 0.396. The molecule has 3 heteroatoms. The lowest BCUT2D eigenvalue weighted by Crippen LogP contribution is -2.14. The monoisotopic (exact) mass is 312 g/mol. The van der Waals surface area contributed by atoms with Gasteiger partial charge in [0, 0.05) is 19.8 Å². The van der Waals surface area contributed by atoms with Crippen molar-refractivity contribution in [3.05, 3.63) is 59.7 Å². The number of nitrogens with zero attached hydrogens (tertiary/aromatic N) is 1. The van der Waals surface area contributed by atoms with Gasteiger partial charge in [0.1, 0.15) is 5.75 Å². The minimum absolute atomic E-state index is 0.396. The zero-order valence-corrected chi connectivity index (χ0v) is 14.5. The van der Waals surface area contributed by atoms with E-state index < -0.39 is 0 Å². The molecule has 2 aromatic rings. The molecule has 0 heterocycles. The molecule has 3 nitrogen and oxygen atoms in total. The van der Waals surface area contributed by atoms with E-state index in [1.807, 2.05) is 12.1 Å². The fourth-order valence-electron chi connectivity index (χ4n) is 2.69. The largest absolute Gasteiger partial charge is 0.494 e. The van der Waals surface area contributed by atoms with Crippen LogP contribution in [-0.2, 0) is 0 Å². The van der Waals surface area contributed by atoms with Gasteiger partial charge in [-0.05, 0) is 67.6 Å². The highest BCUT2D eigenvalue weighted by atomic mass is 16.5. The van der Waals surface area contributed by atoms with Crippen molar-refractivity contribution in [2.75, 3.05) is 32.1 Å². The maximum absolute atomic E-state index is 5.96. The number of rotatable bonds is 8. The van der Waals surface area contributed by atoms with Gasteiger partial charge in [0.25, 0.3) is 0 Å². The van der Waals surface area contributed by atoms with E-state index in [0.29, 0.717) is 12.5 Å². The summed E-state index contributed by atoms with van der Waals surface area (Å²) in [5, 5.41) is 0. The van der Waals surface area contributed by atoms with Gasteiger partial charge >= 0.3 is 0 Å². The number of hydrogen-bond acceptors (Lipinski definition) is 3. The molecule has 2 N–H and O–H groups in total. The SMILES string of the molecule is Cc1cccc(OCCCC(CN)c2ccc(N(C)C)cc2)c1. The lowest BCUT2D eigenvalue weighted by atomic mass is 9.94. The van der Waals surface area contributed by atoms with Crippen molar-refractivity contribution >= 4 is 5.69 Å². The van der Waals surface area contributed by atoms with E-state index in [1.165, 1.54) is 16.8 Å². The Morgan fingerprint density at radius 2 is 1.83 bits per heavy atom. The van der Waals surface area contributed by atoms with Gasteiger partial charge in [-0.2, -0.15) is 0 Å². The van der Waals surface area contributed by atoms with Crippen molar-refractivity contribution in [3.63, 3.8) is 0 Å². The first-order chi connectivity index (χ1) is 11.1. The molecule has 1 atom stereocenters. The zero-order valence-electron chi connectivity index (χ0n) is 14.5. The zero-order chi connectivity index (χ0) is 16.7. The summed E-state index contributed by atoms with van der Waals surface area (Å²) in [6.07, 6.45) is 2.05. The topological polar surface area (TPSA) is 38.5 Å². The quantitative estimate of drug-likeness (QED) is 0.750. The molecule has 0 aliphatic carbocycles.